The summed E-state index contributed by atoms with van der Waals surface area (Å²) in [5.41, 5.74) is 2.44. The Hall–Kier alpha value is -3.91. The van der Waals surface area contributed by atoms with Gasteiger partial charge in [-0.15, -0.1) is 0 Å². The van der Waals surface area contributed by atoms with E-state index in [2.05, 4.69) is 20.9 Å². The van der Waals surface area contributed by atoms with Crippen molar-refractivity contribution in [2.45, 2.75) is 0 Å². The van der Waals surface area contributed by atoms with Crippen molar-refractivity contribution in [1.29, 1.82) is 0 Å². The van der Waals surface area contributed by atoms with Crippen LogP contribution in [0.2, 0.25) is 0 Å². The second kappa shape index (κ2) is 9.07. The molecule has 1 heterocycles. The molecule has 1 aromatic heterocycles. The highest BCUT2D eigenvalue weighted by atomic mass is 79.9. The fourth-order valence-electron chi connectivity index (χ4n) is 3.18. The van der Waals surface area contributed by atoms with Gasteiger partial charge in [-0.05, 0) is 36.4 Å². The number of benzene rings is 3. The number of aromatic nitrogens is 1. The Morgan fingerprint density at radius 2 is 1.69 bits per heavy atom. The van der Waals surface area contributed by atoms with Gasteiger partial charge in [-0.1, -0.05) is 46.3 Å². The predicted octanol–water partition coefficient (Wildman–Crippen LogP) is 5.61. The molecule has 0 N–H and O–H groups in total. The molecule has 3 aromatic carbocycles. The van der Waals surface area contributed by atoms with Crippen molar-refractivity contribution in [3.8, 4) is 11.3 Å². The molecule has 0 aliphatic heterocycles. The minimum absolute atomic E-state index is 0.124. The number of ether oxygens (including phenoxy) is 1. The summed E-state index contributed by atoms with van der Waals surface area (Å²) in [6.07, 6.45) is 0. The maximum Gasteiger partial charge on any atom is 0.339 e. The third-order valence-electron chi connectivity index (χ3n) is 4.79. The van der Waals surface area contributed by atoms with Gasteiger partial charge in [0.2, 0.25) is 0 Å². The maximum atomic E-state index is 12.9. The molecular weight excluding hydrogens is 476 g/mol. The normalized spacial score (nSPS) is 10.7. The fraction of sp³-hybridized carbons (Fsp3) is 0.0417. The number of Topliss-reactive ketones (excluding diaryl/α,β-unsaturated/α-hetero) is 1. The molecule has 7 nitrogen and oxygen atoms in total. The Morgan fingerprint density at radius 3 is 2.38 bits per heavy atom. The number of rotatable bonds is 6. The average Bonchev–Trinajstić information content (AvgIpc) is 2.82. The number of esters is 1. The van der Waals surface area contributed by atoms with Crippen LogP contribution >= 0.6 is 15.9 Å². The van der Waals surface area contributed by atoms with E-state index < -0.39 is 23.3 Å². The molecule has 32 heavy (non-hydrogen) atoms. The first-order valence-electron chi connectivity index (χ1n) is 9.53. The quantitative estimate of drug-likeness (QED) is 0.150. The van der Waals surface area contributed by atoms with Gasteiger partial charge in [0.1, 0.15) is 0 Å². The second-order valence-corrected chi connectivity index (χ2v) is 7.80. The van der Waals surface area contributed by atoms with Crippen LogP contribution in [0.25, 0.3) is 22.2 Å². The third kappa shape index (κ3) is 4.55. The van der Waals surface area contributed by atoms with E-state index in [4.69, 9.17) is 4.74 Å². The van der Waals surface area contributed by atoms with Gasteiger partial charge in [-0.2, -0.15) is 0 Å². The number of nitro groups is 1. The first-order chi connectivity index (χ1) is 15.4. The van der Waals surface area contributed by atoms with E-state index in [1.54, 1.807) is 18.2 Å². The van der Waals surface area contributed by atoms with Gasteiger partial charge in [-0.25, -0.2) is 9.78 Å². The Labute approximate surface area is 190 Å². The van der Waals surface area contributed by atoms with Gasteiger partial charge in [0.25, 0.3) is 5.69 Å². The second-order valence-electron chi connectivity index (χ2n) is 6.89. The number of hydrogen-bond acceptors (Lipinski definition) is 6. The largest absolute Gasteiger partial charge is 0.454 e. The first kappa shape index (κ1) is 21.3. The monoisotopic (exact) mass is 490 g/mol. The van der Waals surface area contributed by atoms with E-state index in [1.165, 1.54) is 24.3 Å². The molecule has 0 unspecified atom stereocenters. The molecular formula is C24H15BrN2O5. The van der Waals surface area contributed by atoms with Crippen molar-refractivity contribution in [3.63, 3.8) is 0 Å². The summed E-state index contributed by atoms with van der Waals surface area (Å²) in [7, 11) is 0. The molecule has 0 fully saturated rings. The molecule has 0 bridgehead atoms. The Kier molecular flexibility index (Phi) is 6.04. The fourth-order valence-corrected chi connectivity index (χ4v) is 3.55. The molecule has 0 aliphatic rings. The number of hydrogen-bond donors (Lipinski definition) is 0. The van der Waals surface area contributed by atoms with Gasteiger partial charge in [-0.3, -0.25) is 14.9 Å². The lowest BCUT2D eigenvalue weighted by atomic mass is 10.0. The lowest BCUT2D eigenvalue weighted by molar-refractivity contribution is -0.384. The van der Waals surface area contributed by atoms with Crippen LogP contribution in [0.3, 0.4) is 0 Å². The lowest BCUT2D eigenvalue weighted by Gasteiger charge is -2.10. The smallest absolute Gasteiger partial charge is 0.339 e. The van der Waals surface area contributed by atoms with E-state index in [0.29, 0.717) is 16.6 Å². The van der Waals surface area contributed by atoms with E-state index in [-0.39, 0.29) is 16.8 Å². The zero-order chi connectivity index (χ0) is 22.7. The molecule has 0 aliphatic carbocycles. The Bertz CT molecular complexity index is 1340. The summed E-state index contributed by atoms with van der Waals surface area (Å²) in [6.45, 7) is -0.491. The van der Waals surface area contributed by atoms with Crippen LogP contribution in [0.5, 0.6) is 0 Å². The number of ketones is 1. The summed E-state index contributed by atoms with van der Waals surface area (Å²) < 4.78 is 6.07. The van der Waals surface area contributed by atoms with Gasteiger partial charge in [0, 0.05) is 33.1 Å². The highest BCUT2D eigenvalue weighted by molar-refractivity contribution is 9.10. The van der Waals surface area contributed by atoms with Crippen molar-refractivity contribution in [2.24, 2.45) is 0 Å². The summed E-state index contributed by atoms with van der Waals surface area (Å²) in [5.74, 6) is -1.13. The summed E-state index contributed by atoms with van der Waals surface area (Å²) in [5, 5.41) is 11.3. The molecule has 4 rings (SSSR count). The van der Waals surface area contributed by atoms with Crippen molar-refractivity contribution in [2.75, 3.05) is 6.61 Å². The molecule has 0 amide bonds. The van der Waals surface area contributed by atoms with Crippen LogP contribution < -0.4 is 0 Å². The van der Waals surface area contributed by atoms with E-state index in [0.717, 1.165) is 10.0 Å². The van der Waals surface area contributed by atoms with Crippen molar-refractivity contribution in [3.05, 3.63) is 105 Å². The summed E-state index contributed by atoms with van der Waals surface area (Å²) >= 11 is 3.41. The van der Waals surface area contributed by atoms with Gasteiger partial charge in [0.05, 0.1) is 21.7 Å². The van der Waals surface area contributed by atoms with Crippen molar-refractivity contribution < 1.29 is 19.2 Å². The van der Waals surface area contributed by atoms with Crippen LogP contribution in [-0.2, 0) is 4.74 Å². The lowest BCUT2D eigenvalue weighted by Crippen LogP contribution is -2.15. The van der Waals surface area contributed by atoms with Gasteiger partial charge >= 0.3 is 5.97 Å². The number of halogens is 1. The summed E-state index contributed by atoms with van der Waals surface area (Å²) in [4.78, 5) is 40.2. The number of non-ortho nitro benzene ring substituents is 1. The zero-order valence-electron chi connectivity index (χ0n) is 16.5. The minimum atomic E-state index is -0.664. The SMILES string of the molecule is O=C(COC(=O)c1cc(-c2ccccc2)nc2ccc(Br)cc12)c1ccc([N+](=O)[O-])cc1. The number of carbonyl (C=O) groups excluding carboxylic acids is 2. The number of pyridine rings is 1. The van der Waals surface area contributed by atoms with Crippen LogP contribution in [0.4, 0.5) is 5.69 Å². The van der Waals surface area contributed by atoms with Gasteiger partial charge in [0.15, 0.2) is 12.4 Å². The number of fused-ring (bicyclic) bond motifs is 1. The standard InChI is InChI=1S/C24H15BrN2O5/c25-17-8-11-21-19(12-17)20(13-22(26-21)15-4-2-1-3-5-15)24(29)32-14-23(28)16-6-9-18(10-7-16)27(30)31/h1-13H,14H2. The predicted molar refractivity (Wildman–Crippen MR) is 123 cm³/mol. The van der Waals surface area contributed by atoms with E-state index >= 15 is 0 Å². The number of nitrogens with zero attached hydrogens (tertiary/aromatic N) is 2. The molecule has 0 saturated carbocycles. The molecule has 158 valence electrons. The number of carbonyl (C=O) groups is 2. The molecule has 0 atom stereocenters. The van der Waals surface area contributed by atoms with E-state index in [9.17, 15) is 19.7 Å². The minimum Gasteiger partial charge on any atom is -0.454 e. The van der Waals surface area contributed by atoms with Crippen molar-refractivity contribution >= 4 is 44.3 Å². The van der Waals surface area contributed by atoms with E-state index in [1.807, 2.05) is 36.4 Å². The molecule has 0 radical (unpaired) electrons. The van der Waals surface area contributed by atoms with Crippen LogP contribution in [0, 0.1) is 10.1 Å². The van der Waals surface area contributed by atoms with Crippen LogP contribution in [0.15, 0.2) is 83.3 Å². The maximum absolute atomic E-state index is 12.9. The highest BCUT2D eigenvalue weighted by Gasteiger charge is 2.18. The van der Waals surface area contributed by atoms with Crippen LogP contribution in [-0.4, -0.2) is 28.3 Å². The molecule has 4 aromatic rings. The van der Waals surface area contributed by atoms with Crippen molar-refractivity contribution in [1.82, 2.24) is 4.98 Å². The first-order valence-corrected chi connectivity index (χ1v) is 10.3. The highest BCUT2D eigenvalue weighted by Crippen LogP contribution is 2.27. The zero-order valence-corrected chi connectivity index (χ0v) is 18.1. The van der Waals surface area contributed by atoms with Gasteiger partial charge < -0.3 is 4.74 Å². The molecule has 0 saturated heterocycles. The third-order valence-corrected chi connectivity index (χ3v) is 5.29. The Morgan fingerprint density at radius 1 is 0.969 bits per heavy atom. The van der Waals surface area contributed by atoms with Crippen LogP contribution in [0.1, 0.15) is 20.7 Å². The molecule has 8 heteroatoms. The summed E-state index contributed by atoms with van der Waals surface area (Å²) in [6, 6.07) is 21.6. The molecule has 0 spiro atoms. The topological polar surface area (TPSA) is 99.4 Å². The number of nitro benzene ring substituents is 1. The average molecular weight is 491 g/mol. The Balaban J connectivity index is 1.61.